The average molecular weight is 224 g/mol. The fourth-order valence-electron chi connectivity index (χ4n) is 1.65. The summed E-state index contributed by atoms with van der Waals surface area (Å²) in [4.78, 5) is 16.0. The zero-order valence-corrected chi connectivity index (χ0v) is 8.63. The molecule has 1 saturated heterocycles. The summed E-state index contributed by atoms with van der Waals surface area (Å²) in [5.74, 6) is 0.284. The predicted octanol–water partition coefficient (Wildman–Crippen LogP) is 0.409. The molecule has 0 amide bonds. The fourth-order valence-corrected chi connectivity index (χ4v) is 1.65. The summed E-state index contributed by atoms with van der Waals surface area (Å²) in [6.07, 6.45) is 1.19. The van der Waals surface area contributed by atoms with Crippen LogP contribution in [0.4, 0.5) is 17.2 Å². The third-order valence-electron chi connectivity index (χ3n) is 2.43. The molecular formula is C9H12N4O3. The van der Waals surface area contributed by atoms with Gasteiger partial charge in [-0.25, -0.2) is 4.98 Å². The molecular weight excluding hydrogens is 212 g/mol. The Hall–Kier alpha value is -1.89. The molecule has 0 saturated carbocycles. The van der Waals surface area contributed by atoms with Crippen LogP contribution in [0, 0.1) is 10.1 Å². The Kier molecular flexibility index (Phi) is 2.86. The van der Waals surface area contributed by atoms with Crippen molar-refractivity contribution in [2.24, 2.45) is 0 Å². The van der Waals surface area contributed by atoms with Crippen molar-refractivity contribution in [2.45, 2.75) is 0 Å². The molecule has 2 N–H and O–H groups in total. The van der Waals surface area contributed by atoms with E-state index in [1.807, 2.05) is 4.90 Å². The number of morpholine rings is 1. The number of anilines is 2. The van der Waals surface area contributed by atoms with Gasteiger partial charge in [-0.05, 0) is 0 Å². The normalized spacial score (nSPS) is 16.1. The van der Waals surface area contributed by atoms with Gasteiger partial charge in [0.2, 0.25) is 0 Å². The minimum atomic E-state index is -0.447. The number of nitrogen functional groups attached to an aromatic ring is 1. The molecule has 86 valence electrons. The molecule has 0 radical (unpaired) electrons. The van der Waals surface area contributed by atoms with Gasteiger partial charge >= 0.3 is 5.69 Å². The number of hydrogen-bond donors (Lipinski definition) is 1. The SMILES string of the molecule is Nc1cc(N2CCOCC2)c([N+](=O)[O-])cn1. The van der Waals surface area contributed by atoms with Crippen LogP contribution in [-0.4, -0.2) is 36.2 Å². The lowest BCUT2D eigenvalue weighted by Crippen LogP contribution is -2.36. The molecule has 1 aliphatic heterocycles. The van der Waals surface area contributed by atoms with E-state index in [4.69, 9.17) is 10.5 Å². The largest absolute Gasteiger partial charge is 0.384 e. The lowest BCUT2D eigenvalue weighted by Gasteiger charge is -2.28. The van der Waals surface area contributed by atoms with Crippen molar-refractivity contribution in [1.82, 2.24) is 4.98 Å². The molecule has 0 aliphatic carbocycles. The van der Waals surface area contributed by atoms with Crippen LogP contribution in [0.15, 0.2) is 12.3 Å². The monoisotopic (exact) mass is 224 g/mol. The zero-order chi connectivity index (χ0) is 11.5. The second kappa shape index (κ2) is 4.31. The van der Waals surface area contributed by atoms with Crippen LogP contribution in [-0.2, 0) is 4.74 Å². The third-order valence-corrected chi connectivity index (χ3v) is 2.43. The first-order valence-corrected chi connectivity index (χ1v) is 4.91. The maximum Gasteiger partial charge on any atom is 0.310 e. The maximum atomic E-state index is 10.8. The number of hydrogen-bond acceptors (Lipinski definition) is 6. The van der Waals surface area contributed by atoms with Crippen molar-refractivity contribution in [2.75, 3.05) is 36.9 Å². The Bertz CT molecular complexity index is 404. The minimum Gasteiger partial charge on any atom is -0.384 e. The topological polar surface area (TPSA) is 94.5 Å². The number of aromatic nitrogens is 1. The number of ether oxygens (including phenoxy) is 1. The van der Waals surface area contributed by atoms with Crippen molar-refractivity contribution in [3.05, 3.63) is 22.4 Å². The highest BCUT2D eigenvalue weighted by Crippen LogP contribution is 2.29. The van der Waals surface area contributed by atoms with Gasteiger partial charge in [0.1, 0.15) is 17.7 Å². The van der Waals surface area contributed by atoms with Crippen LogP contribution >= 0.6 is 0 Å². The fraction of sp³-hybridized carbons (Fsp3) is 0.444. The van der Waals surface area contributed by atoms with Crippen molar-refractivity contribution in [3.8, 4) is 0 Å². The van der Waals surface area contributed by atoms with Gasteiger partial charge in [0.05, 0.1) is 18.1 Å². The molecule has 2 heterocycles. The maximum absolute atomic E-state index is 10.8. The molecule has 1 aromatic heterocycles. The Morgan fingerprint density at radius 3 is 2.81 bits per heavy atom. The first kappa shape index (κ1) is 10.6. The predicted molar refractivity (Wildman–Crippen MR) is 58.3 cm³/mol. The molecule has 0 aromatic carbocycles. The number of nitrogens with zero attached hydrogens (tertiary/aromatic N) is 3. The van der Waals surface area contributed by atoms with Gasteiger partial charge in [0.15, 0.2) is 0 Å². The van der Waals surface area contributed by atoms with Crippen LogP contribution in [0.25, 0.3) is 0 Å². The van der Waals surface area contributed by atoms with Crippen LogP contribution in [0.5, 0.6) is 0 Å². The van der Waals surface area contributed by atoms with E-state index in [1.54, 1.807) is 0 Å². The Balaban J connectivity index is 2.36. The number of pyridine rings is 1. The van der Waals surface area contributed by atoms with Gasteiger partial charge in [-0.2, -0.15) is 0 Å². The second-order valence-corrected chi connectivity index (χ2v) is 3.45. The molecule has 0 unspecified atom stereocenters. The van der Waals surface area contributed by atoms with Crippen LogP contribution in [0.1, 0.15) is 0 Å². The molecule has 1 aliphatic rings. The molecule has 7 nitrogen and oxygen atoms in total. The van der Waals surface area contributed by atoms with Crippen LogP contribution in [0.3, 0.4) is 0 Å². The highest BCUT2D eigenvalue weighted by molar-refractivity contribution is 5.66. The Labute approximate surface area is 92.0 Å². The van der Waals surface area contributed by atoms with E-state index in [1.165, 1.54) is 12.3 Å². The van der Waals surface area contributed by atoms with E-state index in [0.29, 0.717) is 32.0 Å². The summed E-state index contributed by atoms with van der Waals surface area (Å²) in [6.45, 7) is 2.40. The molecule has 0 atom stereocenters. The van der Waals surface area contributed by atoms with Crippen molar-refractivity contribution in [3.63, 3.8) is 0 Å². The van der Waals surface area contributed by atoms with Gasteiger partial charge in [-0.15, -0.1) is 0 Å². The highest BCUT2D eigenvalue weighted by Gasteiger charge is 2.22. The van der Waals surface area contributed by atoms with Gasteiger partial charge in [0.25, 0.3) is 0 Å². The van der Waals surface area contributed by atoms with Crippen molar-refractivity contribution >= 4 is 17.2 Å². The third kappa shape index (κ3) is 2.03. The quantitative estimate of drug-likeness (QED) is 0.577. The molecule has 16 heavy (non-hydrogen) atoms. The van der Waals surface area contributed by atoms with E-state index in [2.05, 4.69) is 4.98 Å². The summed E-state index contributed by atoms with van der Waals surface area (Å²) in [7, 11) is 0. The highest BCUT2D eigenvalue weighted by atomic mass is 16.6. The first-order valence-electron chi connectivity index (χ1n) is 4.91. The first-order chi connectivity index (χ1) is 7.68. The van der Waals surface area contributed by atoms with E-state index in [9.17, 15) is 10.1 Å². The Morgan fingerprint density at radius 2 is 2.19 bits per heavy atom. The van der Waals surface area contributed by atoms with Crippen LogP contribution < -0.4 is 10.6 Å². The molecule has 0 bridgehead atoms. The lowest BCUT2D eigenvalue weighted by molar-refractivity contribution is -0.384. The molecule has 1 fully saturated rings. The molecule has 7 heteroatoms. The average Bonchev–Trinajstić information content (AvgIpc) is 2.29. The van der Waals surface area contributed by atoms with Gasteiger partial charge < -0.3 is 15.4 Å². The summed E-state index contributed by atoms with van der Waals surface area (Å²) in [6, 6.07) is 1.53. The van der Waals surface area contributed by atoms with Gasteiger partial charge in [-0.3, -0.25) is 10.1 Å². The van der Waals surface area contributed by atoms with E-state index >= 15 is 0 Å². The lowest BCUT2D eigenvalue weighted by atomic mass is 10.2. The van der Waals surface area contributed by atoms with Gasteiger partial charge in [-0.1, -0.05) is 0 Å². The molecule has 2 rings (SSSR count). The summed E-state index contributed by atoms with van der Waals surface area (Å²) >= 11 is 0. The molecule has 1 aromatic rings. The number of nitro groups is 1. The summed E-state index contributed by atoms with van der Waals surface area (Å²) in [5, 5.41) is 10.8. The second-order valence-electron chi connectivity index (χ2n) is 3.45. The standard InChI is InChI=1S/C9H12N4O3/c10-9-5-7(8(6-11-9)13(14)15)12-1-3-16-4-2-12/h5-6H,1-4H2,(H2,10,11). The minimum absolute atomic E-state index is 0.0175. The van der Waals surface area contributed by atoms with Crippen molar-refractivity contribution in [1.29, 1.82) is 0 Å². The smallest absolute Gasteiger partial charge is 0.310 e. The Morgan fingerprint density at radius 1 is 1.50 bits per heavy atom. The number of nitrogens with two attached hydrogens (primary N) is 1. The zero-order valence-electron chi connectivity index (χ0n) is 8.63. The summed E-state index contributed by atoms with van der Waals surface area (Å²) < 4.78 is 5.19. The van der Waals surface area contributed by atoms with Gasteiger partial charge in [0, 0.05) is 19.2 Å². The van der Waals surface area contributed by atoms with Crippen LogP contribution in [0.2, 0.25) is 0 Å². The van der Waals surface area contributed by atoms with E-state index in [-0.39, 0.29) is 11.5 Å². The summed E-state index contributed by atoms with van der Waals surface area (Å²) in [5.41, 5.74) is 6.04. The van der Waals surface area contributed by atoms with E-state index < -0.39 is 4.92 Å². The number of rotatable bonds is 2. The van der Waals surface area contributed by atoms with E-state index in [0.717, 1.165) is 0 Å². The molecule has 0 spiro atoms. The van der Waals surface area contributed by atoms with Crippen molar-refractivity contribution < 1.29 is 9.66 Å².